The van der Waals surface area contributed by atoms with Crippen molar-refractivity contribution in [2.45, 2.75) is 0 Å². The van der Waals surface area contributed by atoms with Gasteiger partial charge >= 0.3 is 0 Å². The number of fused-ring (bicyclic) bond motifs is 7. The Balaban J connectivity index is 1.23. The Bertz CT molecular complexity index is 2860. The van der Waals surface area contributed by atoms with Crippen molar-refractivity contribution in [3.63, 3.8) is 0 Å². The van der Waals surface area contributed by atoms with E-state index >= 15 is 0 Å². The van der Waals surface area contributed by atoms with Crippen LogP contribution in [0.25, 0.3) is 93.2 Å². The summed E-state index contributed by atoms with van der Waals surface area (Å²) in [6.45, 7) is 0. The molecule has 0 amide bonds. The zero-order valence-electron chi connectivity index (χ0n) is 26.8. The highest BCUT2D eigenvalue weighted by atomic mass is 15.0. The maximum absolute atomic E-state index is 2.39. The number of rotatable bonds is 4. The molecule has 10 rings (SSSR count). The van der Waals surface area contributed by atoms with Crippen LogP contribution in [0.2, 0.25) is 0 Å². The van der Waals surface area contributed by atoms with E-state index in [1.807, 2.05) is 0 Å². The Morgan fingerprint density at radius 1 is 0.286 bits per heavy atom. The fourth-order valence-corrected chi connectivity index (χ4v) is 8.03. The van der Waals surface area contributed by atoms with Crippen LogP contribution in [0, 0.1) is 0 Å². The summed E-state index contributed by atoms with van der Waals surface area (Å²) >= 11 is 0. The topological polar surface area (TPSA) is 4.93 Å². The van der Waals surface area contributed by atoms with Gasteiger partial charge in [-0.05, 0) is 102 Å². The summed E-state index contributed by atoms with van der Waals surface area (Å²) in [5, 5.41) is 10.2. The molecule has 0 unspecified atom stereocenters. The van der Waals surface area contributed by atoms with Gasteiger partial charge in [0.15, 0.2) is 0 Å². The van der Waals surface area contributed by atoms with Crippen LogP contribution in [0.15, 0.2) is 188 Å². The lowest BCUT2D eigenvalue weighted by Gasteiger charge is -2.19. The fourth-order valence-electron chi connectivity index (χ4n) is 8.03. The van der Waals surface area contributed by atoms with Crippen LogP contribution in [-0.2, 0) is 0 Å². The maximum Gasteiger partial charge on any atom is 0.0541 e. The van der Waals surface area contributed by atoms with Gasteiger partial charge < -0.3 is 4.57 Å². The second kappa shape index (κ2) is 11.1. The number of nitrogens with zero attached hydrogens (tertiary/aromatic N) is 1. The Morgan fingerprint density at radius 3 is 1.69 bits per heavy atom. The monoisotopic (exact) mass is 621 g/mol. The van der Waals surface area contributed by atoms with Gasteiger partial charge in [-0.3, -0.25) is 0 Å². The van der Waals surface area contributed by atoms with E-state index in [0.717, 1.165) is 0 Å². The molecular weight excluding hydrogens is 591 g/mol. The Labute approximate surface area is 284 Å². The molecule has 0 N–H and O–H groups in total. The van der Waals surface area contributed by atoms with Crippen LogP contribution >= 0.6 is 0 Å². The summed E-state index contributed by atoms with van der Waals surface area (Å²) in [7, 11) is 0. The molecule has 0 fully saturated rings. The third-order valence-corrected chi connectivity index (χ3v) is 10.1. The minimum Gasteiger partial charge on any atom is -0.309 e. The van der Waals surface area contributed by atoms with Crippen LogP contribution in [0.3, 0.4) is 0 Å². The largest absolute Gasteiger partial charge is 0.309 e. The van der Waals surface area contributed by atoms with Crippen molar-refractivity contribution in [2.75, 3.05) is 0 Å². The highest BCUT2D eigenvalue weighted by Crippen LogP contribution is 2.46. The summed E-state index contributed by atoms with van der Waals surface area (Å²) in [5.74, 6) is 0. The second-order valence-corrected chi connectivity index (χ2v) is 12.9. The molecule has 1 nitrogen and oxygen atoms in total. The van der Waals surface area contributed by atoms with Crippen molar-refractivity contribution in [2.24, 2.45) is 0 Å². The van der Waals surface area contributed by atoms with Crippen LogP contribution in [0.5, 0.6) is 0 Å². The van der Waals surface area contributed by atoms with E-state index < -0.39 is 0 Å². The second-order valence-electron chi connectivity index (χ2n) is 12.9. The molecule has 0 bridgehead atoms. The summed E-state index contributed by atoms with van der Waals surface area (Å²) in [5.41, 5.74) is 11.1. The van der Waals surface area contributed by atoms with E-state index in [9.17, 15) is 0 Å². The van der Waals surface area contributed by atoms with E-state index in [1.165, 1.54) is 93.2 Å². The predicted octanol–water partition coefficient (Wildman–Crippen LogP) is 13.2. The van der Waals surface area contributed by atoms with Crippen molar-refractivity contribution in [1.82, 2.24) is 4.57 Å². The molecule has 1 aromatic heterocycles. The van der Waals surface area contributed by atoms with Gasteiger partial charge in [-0.1, -0.05) is 152 Å². The number of hydrogen-bond acceptors (Lipinski definition) is 0. The normalized spacial score (nSPS) is 11.7. The van der Waals surface area contributed by atoms with Gasteiger partial charge in [-0.25, -0.2) is 0 Å². The summed E-state index contributed by atoms with van der Waals surface area (Å²) in [6, 6.07) is 68.7. The van der Waals surface area contributed by atoms with Gasteiger partial charge in [0.25, 0.3) is 0 Å². The number of para-hydroxylation sites is 2. The molecule has 0 aliphatic carbocycles. The van der Waals surface area contributed by atoms with Crippen LogP contribution in [0.4, 0.5) is 0 Å². The van der Waals surface area contributed by atoms with Gasteiger partial charge in [0.1, 0.15) is 0 Å². The Hall–Kier alpha value is -6.44. The average Bonchev–Trinajstić information content (AvgIpc) is 3.51. The quantitative estimate of drug-likeness (QED) is 0.136. The molecule has 0 aliphatic heterocycles. The summed E-state index contributed by atoms with van der Waals surface area (Å²) < 4.78 is 2.38. The predicted molar refractivity (Wildman–Crippen MR) is 210 cm³/mol. The fraction of sp³-hybridized carbons (Fsp3) is 0. The third-order valence-electron chi connectivity index (χ3n) is 10.1. The highest BCUT2D eigenvalue weighted by molar-refractivity contribution is 6.28. The van der Waals surface area contributed by atoms with Crippen molar-refractivity contribution in [1.29, 1.82) is 0 Å². The molecule has 10 aromatic rings. The van der Waals surface area contributed by atoms with Crippen molar-refractivity contribution in [3.05, 3.63) is 188 Å². The molecule has 1 heteroatoms. The first-order valence-electron chi connectivity index (χ1n) is 16.9. The Morgan fingerprint density at radius 2 is 0.878 bits per heavy atom. The maximum atomic E-state index is 2.39. The smallest absolute Gasteiger partial charge is 0.0541 e. The number of aromatic nitrogens is 1. The minimum absolute atomic E-state index is 1.17. The molecule has 0 atom stereocenters. The summed E-state index contributed by atoms with van der Waals surface area (Å²) in [4.78, 5) is 0. The molecule has 0 aliphatic rings. The third kappa shape index (κ3) is 4.33. The van der Waals surface area contributed by atoms with Crippen molar-refractivity contribution in [3.8, 4) is 39.1 Å². The zero-order chi connectivity index (χ0) is 32.3. The van der Waals surface area contributed by atoms with Gasteiger partial charge in [0.2, 0.25) is 0 Å². The molecule has 0 spiro atoms. The van der Waals surface area contributed by atoms with Gasteiger partial charge in [-0.2, -0.15) is 0 Å². The molecular formula is C48H31N. The van der Waals surface area contributed by atoms with E-state index in [-0.39, 0.29) is 0 Å². The van der Waals surface area contributed by atoms with E-state index in [2.05, 4.69) is 193 Å². The molecule has 0 saturated carbocycles. The molecule has 1 heterocycles. The van der Waals surface area contributed by atoms with Gasteiger partial charge in [-0.15, -0.1) is 0 Å². The first-order valence-corrected chi connectivity index (χ1v) is 16.9. The number of benzene rings is 9. The molecule has 228 valence electrons. The zero-order valence-corrected chi connectivity index (χ0v) is 26.8. The van der Waals surface area contributed by atoms with Gasteiger partial charge in [0.05, 0.1) is 11.0 Å². The van der Waals surface area contributed by atoms with Gasteiger partial charge in [0, 0.05) is 16.5 Å². The van der Waals surface area contributed by atoms with E-state index in [0.29, 0.717) is 0 Å². The first-order chi connectivity index (χ1) is 24.3. The summed E-state index contributed by atoms with van der Waals surface area (Å²) in [6.07, 6.45) is 0. The minimum atomic E-state index is 1.17. The van der Waals surface area contributed by atoms with Crippen LogP contribution < -0.4 is 0 Å². The molecule has 0 radical (unpaired) electrons. The standard InChI is InChI=1S/C48H31N/c1-3-15-33(16-4-1)47-41-24-10-9-23-40(41)46(42-28-26-32-14-7-8-21-38(32)48(42)47)36-18-13-17-34(30-36)35-27-29-45-43(31-35)39-22-11-12-25-44(39)49(45)37-19-5-2-6-20-37/h1-31H. The van der Waals surface area contributed by atoms with Crippen molar-refractivity contribution < 1.29 is 0 Å². The Kier molecular flexibility index (Phi) is 6.25. The average molecular weight is 622 g/mol. The highest BCUT2D eigenvalue weighted by Gasteiger charge is 2.19. The van der Waals surface area contributed by atoms with E-state index in [4.69, 9.17) is 0 Å². The van der Waals surface area contributed by atoms with Crippen LogP contribution in [-0.4, -0.2) is 4.57 Å². The first kappa shape index (κ1) is 27.7. The SMILES string of the molecule is c1ccc(-c2c3ccccc3c(-c3cccc(-c4ccc5c(c4)c4ccccc4n5-c4ccccc4)c3)c3ccc4ccccc4c23)cc1. The molecule has 9 aromatic carbocycles. The van der Waals surface area contributed by atoms with E-state index in [1.54, 1.807) is 0 Å². The lowest BCUT2D eigenvalue weighted by molar-refractivity contribution is 1.18. The lowest BCUT2D eigenvalue weighted by Crippen LogP contribution is -1.93. The lowest BCUT2D eigenvalue weighted by atomic mass is 9.83. The van der Waals surface area contributed by atoms with Crippen molar-refractivity contribution >= 4 is 54.1 Å². The number of hydrogen-bond donors (Lipinski definition) is 0. The molecule has 0 saturated heterocycles. The van der Waals surface area contributed by atoms with Crippen LogP contribution in [0.1, 0.15) is 0 Å². The molecule has 49 heavy (non-hydrogen) atoms.